The minimum atomic E-state index is -4.36. The molecule has 0 bridgehead atoms. The zero-order chi connectivity index (χ0) is 23.6. The molecule has 4 aromatic rings. The molecule has 0 atom stereocenters. The van der Waals surface area contributed by atoms with E-state index in [0.717, 1.165) is 28.7 Å². The number of carbonyl (C=O) groups is 1. The zero-order valence-electron chi connectivity index (χ0n) is 17.8. The Labute approximate surface area is 187 Å². The molecular formula is C24H22F3N3O3. The number of aryl methyl sites for hydroxylation is 2. The Morgan fingerprint density at radius 1 is 1.09 bits per heavy atom. The highest BCUT2D eigenvalue weighted by Crippen LogP contribution is 2.31. The number of benzene rings is 2. The van der Waals surface area contributed by atoms with Gasteiger partial charge in [0.2, 0.25) is 0 Å². The van der Waals surface area contributed by atoms with E-state index >= 15 is 0 Å². The molecule has 0 radical (unpaired) electrons. The number of aromatic nitrogens is 3. The molecule has 0 aliphatic heterocycles. The van der Waals surface area contributed by atoms with E-state index in [4.69, 9.17) is 9.84 Å². The van der Waals surface area contributed by atoms with E-state index in [1.165, 1.54) is 12.1 Å². The molecule has 0 spiro atoms. The van der Waals surface area contributed by atoms with Crippen molar-refractivity contribution < 1.29 is 27.8 Å². The van der Waals surface area contributed by atoms with E-state index < -0.39 is 17.7 Å². The summed E-state index contributed by atoms with van der Waals surface area (Å²) in [5.41, 5.74) is 2.29. The van der Waals surface area contributed by atoms with Gasteiger partial charge in [0.15, 0.2) is 0 Å². The Bertz CT molecular complexity index is 1270. The Balaban J connectivity index is 1.36. The second-order valence-corrected chi connectivity index (χ2v) is 7.73. The normalized spacial score (nSPS) is 11.8. The Morgan fingerprint density at radius 3 is 2.55 bits per heavy atom. The van der Waals surface area contributed by atoms with Crippen molar-refractivity contribution in [2.24, 2.45) is 7.05 Å². The highest BCUT2D eigenvalue weighted by molar-refractivity contribution is 5.83. The highest BCUT2D eigenvalue weighted by atomic mass is 19.4. The first-order chi connectivity index (χ1) is 15.7. The van der Waals surface area contributed by atoms with Gasteiger partial charge in [0.1, 0.15) is 12.3 Å². The van der Waals surface area contributed by atoms with Gasteiger partial charge in [-0.15, -0.1) is 0 Å². The maximum Gasteiger partial charge on any atom is 0.416 e. The summed E-state index contributed by atoms with van der Waals surface area (Å²) in [6.45, 7) is 0.334. The van der Waals surface area contributed by atoms with Gasteiger partial charge in [-0.3, -0.25) is 9.48 Å². The molecule has 0 amide bonds. The maximum atomic E-state index is 12.8. The fourth-order valence-corrected chi connectivity index (χ4v) is 3.69. The van der Waals surface area contributed by atoms with Gasteiger partial charge in [0.25, 0.3) is 0 Å². The van der Waals surface area contributed by atoms with Crippen LogP contribution in [0.25, 0.3) is 22.2 Å². The average Bonchev–Trinajstić information content (AvgIpc) is 3.33. The van der Waals surface area contributed by atoms with E-state index in [1.54, 1.807) is 22.5 Å². The van der Waals surface area contributed by atoms with Crippen LogP contribution in [0.3, 0.4) is 0 Å². The summed E-state index contributed by atoms with van der Waals surface area (Å²) in [5, 5.41) is 14.4. The molecule has 2 heterocycles. The second-order valence-electron chi connectivity index (χ2n) is 7.73. The fraction of sp³-hybridized carbons (Fsp3) is 0.250. The third-order valence-electron chi connectivity index (χ3n) is 5.38. The molecule has 9 heteroatoms. The van der Waals surface area contributed by atoms with Crippen molar-refractivity contribution in [3.05, 3.63) is 72.1 Å². The summed E-state index contributed by atoms with van der Waals surface area (Å²) < 4.78 is 47.5. The molecular weight excluding hydrogens is 435 g/mol. The minimum absolute atomic E-state index is 0.116. The largest absolute Gasteiger partial charge is 0.494 e. The van der Waals surface area contributed by atoms with Crippen molar-refractivity contribution in [2.75, 3.05) is 6.61 Å². The molecule has 172 valence electrons. The van der Waals surface area contributed by atoms with E-state index in [-0.39, 0.29) is 6.54 Å². The third-order valence-corrected chi connectivity index (χ3v) is 5.38. The lowest BCUT2D eigenvalue weighted by molar-refractivity contribution is -0.138. The third kappa shape index (κ3) is 5.19. The number of nitrogens with zero attached hydrogens (tertiary/aromatic N) is 3. The van der Waals surface area contributed by atoms with Gasteiger partial charge in [-0.25, -0.2) is 0 Å². The smallest absolute Gasteiger partial charge is 0.416 e. The van der Waals surface area contributed by atoms with Gasteiger partial charge in [-0.1, -0.05) is 12.1 Å². The summed E-state index contributed by atoms with van der Waals surface area (Å²) in [7, 11) is 1.80. The van der Waals surface area contributed by atoms with Crippen molar-refractivity contribution in [1.29, 1.82) is 0 Å². The van der Waals surface area contributed by atoms with Crippen LogP contribution in [0.5, 0.6) is 5.75 Å². The lowest BCUT2D eigenvalue weighted by atomic mass is 10.1. The quantitative estimate of drug-likeness (QED) is 0.371. The number of fused-ring (bicyclic) bond motifs is 1. The number of hydrogen-bond acceptors (Lipinski definition) is 3. The SMILES string of the molecule is Cn1nc(-c2ccc(C(F)(F)F)cc2)cc1CCCOc1ccc2ccn(CC(=O)O)c2c1. The Morgan fingerprint density at radius 2 is 1.85 bits per heavy atom. The number of carboxylic acids is 1. The molecule has 6 nitrogen and oxygen atoms in total. The number of hydrogen-bond donors (Lipinski definition) is 1. The van der Waals surface area contributed by atoms with Crippen molar-refractivity contribution >= 4 is 16.9 Å². The Kier molecular flexibility index (Phi) is 6.13. The molecule has 1 N–H and O–H groups in total. The Hall–Kier alpha value is -3.75. The van der Waals surface area contributed by atoms with E-state index in [2.05, 4.69) is 5.10 Å². The molecule has 2 aromatic carbocycles. The van der Waals surface area contributed by atoms with Crippen molar-refractivity contribution in [1.82, 2.24) is 14.3 Å². The molecule has 4 rings (SSSR count). The van der Waals surface area contributed by atoms with Gasteiger partial charge in [-0.2, -0.15) is 18.3 Å². The van der Waals surface area contributed by atoms with E-state index in [9.17, 15) is 18.0 Å². The average molecular weight is 457 g/mol. The lowest BCUT2D eigenvalue weighted by Crippen LogP contribution is -2.07. The predicted molar refractivity (Wildman–Crippen MR) is 117 cm³/mol. The number of carboxylic acid groups (broad SMARTS) is 1. The van der Waals surface area contributed by atoms with Gasteiger partial charge in [0.05, 0.1) is 23.4 Å². The molecule has 0 saturated carbocycles. The number of halogens is 3. The van der Waals surface area contributed by atoms with Crippen LogP contribution in [0.1, 0.15) is 17.7 Å². The van der Waals surface area contributed by atoms with E-state index in [1.807, 2.05) is 30.3 Å². The number of rotatable bonds is 8. The first kappa shape index (κ1) is 22.4. The predicted octanol–water partition coefficient (Wildman–Crippen LogP) is 5.16. The van der Waals surface area contributed by atoms with Crippen LogP contribution in [0.15, 0.2) is 60.8 Å². The topological polar surface area (TPSA) is 69.3 Å². The van der Waals surface area contributed by atoms with Crippen LogP contribution < -0.4 is 4.74 Å². The van der Waals surface area contributed by atoms with Gasteiger partial charge in [-0.05, 0) is 54.6 Å². The fourth-order valence-electron chi connectivity index (χ4n) is 3.69. The first-order valence-corrected chi connectivity index (χ1v) is 10.3. The van der Waals surface area contributed by atoms with Crippen LogP contribution in [-0.4, -0.2) is 32.0 Å². The zero-order valence-corrected chi connectivity index (χ0v) is 17.8. The molecule has 0 unspecified atom stereocenters. The molecule has 0 aliphatic rings. The second kappa shape index (κ2) is 9.01. The summed E-state index contributed by atoms with van der Waals surface area (Å²) in [4.78, 5) is 11.0. The number of aliphatic carboxylic acids is 1. The van der Waals surface area contributed by atoms with Crippen molar-refractivity contribution in [3.8, 4) is 17.0 Å². The van der Waals surface area contributed by atoms with Crippen LogP contribution in [0, 0.1) is 0 Å². The minimum Gasteiger partial charge on any atom is -0.494 e. The monoisotopic (exact) mass is 457 g/mol. The summed E-state index contributed by atoms with van der Waals surface area (Å²) in [6.07, 6.45) is -1.24. The molecule has 0 saturated heterocycles. The molecule has 0 aliphatic carbocycles. The van der Waals surface area contributed by atoms with Crippen molar-refractivity contribution in [2.45, 2.75) is 25.6 Å². The number of alkyl halides is 3. The van der Waals surface area contributed by atoms with Gasteiger partial charge >= 0.3 is 12.1 Å². The lowest BCUT2D eigenvalue weighted by Gasteiger charge is -2.08. The highest BCUT2D eigenvalue weighted by Gasteiger charge is 2.30. The molecule has 33 heavy (non-hydrogen) atoms. The van der Waals surface area contributed by atoms with Crippen molar-refractivity contribution in [3.63, 3.8) is 0 Å². The van der Waals surface area contributed by atoms with E-state index in [0.29, 0.717) is 36.5 Å². The maximum absolute atomic E-state index is 12.8. The summed E-state index contributed by atoms with van der Waals surface area (Å²) in [5.74, 6) is -0.256. The molecule has 0 fully saturated rings. The summed E-state index contributed by atoms with van der Waals surface area (Å²) in [6, 6.07) is 14.3. The summed E-state index contributed by atoms with van der Waals surface area (Å²) >= 11 is 0. The van der Waals surface area contributed by atoms with Crippen LogP contribution >= 0.6 is 0 Å². The number of ether oxygens (including phenoxy) is 1. The van der Waals surface area contributed by atoms with Crippen LogP contribution in [0.4, 0.5) is 13.2 Å². The van der Waals surface area contributed by atoms with Crippen LogP contribution in [0.2, 0.25) is 0 Å². The molecule has 2 aromatic heterocycles. The van der Waals surface area contributed by atoms with Gasteiger partial charge in [0, 0.05) is 30.6 Å². The first-order valence-electron chi connectivity index (χ1n) is 10.3. The standard InChI is InChI=1S/C24H22F3N3O3/c1-29-19(13-21(28-29)16-4-7-18(8-5-16)24(25,26)27)3-2-12-33-20-9-6-17-10-11-30(15-23(31)32)22(17)14-20/h4-11,13-14H,2-3,12,15H2,1H3,(H,31,32). The van der Waals surface area contributed by atoms with Gasteiger partial charge < -0.3 is 14.4 Å². The van der Waals surface area contributed by atoms with Crippen LogP contribution in [-0.2, 0) is 31.0 Å².